The topological polar surface area (TPSA) is 237 Å². The molecule has 0 aromatic heterocycles. The van der Waals surface area contributed by atoms with E-state index in [1.807, 2.05) is 0 Å². The van der Waals surface area contributed by atoms with Crippen LogP contribution in [-0.2, 0) is 65.4 Å². The van der Waals surface area contributed by atoms with Crippen LogP contribution in [0, 0.1) is 23.7 Å². The third-order valence-corrected chi connectivity index (χ3v) is 19.8. The molecule has 6 atom stereocenters. The Bertz CT molecular complexity index is 1870. The SMILES string of the molecule is CCC(C)CCCCCCCCCCCCCCCCCCCCC(=O)OC[C@H](COP(=O)(O)OCC(O)COP(=O)(O)OC[C@@H](COC(=O)CCCCCCCCCCC(C)C)OC(=O)CCCCCCCCCC(C)C)OC(=O)CCCCCCCCCCCC(C)C. The van der Waals surface area contributed by atoms with Gasteiger partial charge in [0, 0.05) is 25.7 Å². The molecule has 0 radical (unpaired) electrons. The largest absolute Gasteiger partial charge is 0.472 e. The van der Waals surface area contributed by atoms with E-state index < -0.39 is 97.5 Å². The van der Waals surface area contributed by atoms with Crippen molar-refractivity contribution in [3.05, 3.63) is 0 Å². The van der Waals surface area contributed by atoms with Crippen LogP contribution in [0.5, 0.6) is 0 Å². The minimum atomic E-state index is -4.96. The highest BCUT2D eigenvalue weighted by Gasteiger charge is 2.30. The molecule has 0 aliphatic heterocycles. The van der Waals surface area contributed by atoms with Gasteiger partial charge in [-0.15, -0.1) is 0 Å². The van der Waals surface area contributed by atoms with E-state index in [1.165, 1.54) is 186 Å². The van der Waals surface area contributed by atoms with Gasteiger partial charge in [0.2, 0.25) is 0 Å². The fourth-order valence-electron chi connectivity index (χ4n) is 11.5. The first-order valence-corrected chi connectivity index (χ1v) is 42.2. The number of aliphatic hydroxyl groups excluding tert-OH is 1. The molecule has 0 spiro atoms. The van der Waals surface area contributed by atoms with Crippen molar-refractivity contribution in [2.45, 2.75) is 401 Å². The second-order valence-corrected chi connectivity index (χ2v) is 32.0. The zero-order valence-electron chi connectivity index (χ0n) is 62.3. The average Bonchev–Trinajstić information content (AvgIpc) is 1.26. The minimum Gasteiger partial charge on any atom is -0.462 e. The van der Waals surface area contributed by atoms with E-state index in [4.69, 9.17) is 37.0 Å². The van der Waals surface area contributed by atoms with Gasteiger partial charge < -0.3 is 33.8 Å². The van der Waals surface area contributed by atoms with E-state index in [9.17, 15) is 43.2 Å². The van der Waals surface area contributed by atoms with Crippen LogP contribution in [0.4, 0.5) is 0 Å². The Morgan fingerprint density at radius 1 is 0.295 bits per heavy atom. The first-order chi connectivity index (χ1) is 45.6. The normalized spacial score (nSPS) is 14.4. The van der Waals surface area contributed by atoms with Crippen LogP contribution in [0.3, 0.4) is 0 Å². The minimum absolute atomic E-state index is 0.103. The molecular weight excluding hydrogens is 1250 g/mol. The molecule has 0 saturated carbocycles. The number of unbranched alkanes of at least 4 members (excludes halogenated alkanes) is 38. The highest BCUT2D eigenvalue weighted by Crippen LogP contribution is 2.45. The number of carbonyl (C=O) groups is 4. The van der Waals surface area contributed by atoms with Crippen molar-refractivity contribution in [1.82, 2.24) is 0 Å². The van der Waals surface area contributed by atoms with E-state index >= 15 is 0 Å². The molecule has 3 N–H and O–H groups in total. The molecule has 4 unspecified atom stereocenters. The summed E-state index contributed by atoms with van der Waals surface area (Å²) >= 11 is 0. The van der Waals surface area contributed by atoms with E-state index in [2.05, 4.69) is 55.4 Å². The molecular formula is C76H148O17P2. The third-order valence-electron chi connectivity index (χ3n) is 17.9. The van der Waals surface area contributed by atoms with Crippen molar-refractivity contribution in [2.75, 3.05) is 39.6 Å². The Morgan fingerprint density at radius 3 is 0.747 bits per heavy atom. The lowest BCUT2D eigenvalue weighted by Crippen LogP contribution is -2.30. The predicted octanol–water partition coefficient (Wildman–Crippen LogP) is 22.0. The number of hydrogen-bond donors (Lipinski definition) is 3. The summed E-state index contributed by atoms with van der Waals surface area (Å²) in [6.07, 6.45) is 50.3. The van der Waals surface area contributed by atoms with Gasteiger partial charge in [0.25, 0.3) is 0 Å². The molecule has 0 aliphatic carbocycles. The van der Waals surface area contributed by atoms with Crippen molar-refractivity contribution in [1.29, 1.82) is 0 Å². The summed E-state index contributed by atoms with van der Waals surface area (Å²) < 4.78 is 68.4. The number of aliphatic hydroxyl groups is 1. The monoisotopic (exact) mass is 1400 g/mol. The Morgan fingerprint density at radius 2 is 0.505 bits per heavy atom. The number of ether oxygens (including phenoxy) is 4. The molecule has 564 valence electrons. The standard InChI is InChI=1S/C76H148O17P2/c1-9-69(8)55-47-39-31-22-18-16-14-12-10-11-13-15-17-19-23-32-40-48-56-73(78)86-62-71(92-75(80)58-50-42-34-24-20-21-28-36-44-52-66(2)3)64-90-94(82,83)88-60-70(77)61-89-95(84,85)91-65-72(93-76(81)59-51-43-35-27-30-38-46-54-68(6)7)63-87-74(79)57-49-41-33-26-25-29-37-45-53-67(4)5/h66-72,77H,9-65H2,1-8H3,(H,82,83)(H,84,85)/t69?,70?,71-,72-/m1/s1. The van der Waals surface area contributed by atoms with Crippen LogP contribution < -0.4 is 0 Å². The highest BCUT2D eigenvalue weighted by molar-refractivity contribution is 7.47. The predicted molar refractivity (Wildman–Crippen MR) is 386 cm³/mol. The molecule has 0 bridgehead atoms. The fourth-order valence-corrected chi connectivity index (χ4v) is 13.1. The summed E-state index contributed by atoms with van der Waals surface area (Å²) in [6.45, 7) is 14.1. The maximum atomic E-state index is 13.1. The van der Waals surface area contributed by atoms with Crippen LogP contribution in [0.2, 0.25) is 0 Å². The van der Waals surface area contributed by atoms with Gasteiger partial charge in [-0.2, -0.15) is 0 Å². The molecule has 0 amide bonds. The molecule has 0 heterocycles. The number of hydrogen-bond acceptors (Lipinski definition) is 15. The zero-order valence-corrected chi connectivity index (χ0v) is 64.1. The first kappa shape index (κ1) is 93.1. The van der Waals surface area contributed by atoms with Crippen LogP contribution >= 0.6 is 15.6 Å². The van der Waals surface area contributed by atoms with Gasteiger partial charge in [-0.3, -0.25) is 37.3 Å². The van der Waals surface area contributed by atoms with E-state index in [-0.39, 0.29) is 25.7 Å². The molecule has 0 aromatic rings. The van der Waals surface area contributed by atoms with Crippen LogP contribution in [0.15, 0.2) is 0 Å². The number of esters is 4. The quantitative estimate of drug-likeness (QED) is 0.0222. The number of phosphoric ester groups is 2. The maximum Gasteiger partial charge on any atom is 0.472 e. The highest BCUT2D eigenvalue weighted by atomic mass is 31.2. The summed E-state index contributed by atoms with van der Waals surface area (Å²) in [7, 11) is -9.91. The van der Waals surface area contributed by atoms with Crippen LogP contribution in [-0.4, -0.2) is 96.7 Å². The Kier molecular flexibility index (Phi) is 64.0. The van der Waals surface area contributed by atoms with E-state index in [0.717, 1.165) is 108 Å². The molecule has 19 heteroatoms. The van der Waals surface area contributed by atoms with Gasteiger partial charge in [0.15, 0.2) is 12.2 Å². The molecule has 17 nitrogen and oxygen atoms in total. The fraction of sp³-hybridized carbons (Fsp3) is 0.947. The maximum absolute atomic E-state index is 13.1. The lowest BCUT2D eigenvalue weighted by atomic mass is 9.99. The van der Waals surface area contributed by atoms with Crippen LogP contribution in [0.1, 0.15) is 383 Å². The summed E-state index contributed by atoms with van der Waals surface area (Å²) in [6, 6.07) is 0. The molecule has 0 saturated heterocycles. The summed E-state index contributed by atoms with van der Waals surface area (Å²) in [5, 5.41) is 10.6. The molecule has 95 heavy (non-hydrogen) atoms. The van der Waals surface area contributed by atoms with Gasteiger partial charge in [0.05, 0.1) is 26.4 Å². The molecule has 0 fully saturated rings. The van der Waals surface area contributed by atoms with Gasteiger partial charge in [-0.25, -0.2) is 9.13 Å². The van der Waals surface area contributed by atoms with Gasteiger partial charge in [-0.1, -0.05) is 331 Å². The molecule has 0 rings (SSSR count). The average molecular weight is 1400 g/mol. The Labute approximate surface area is 581 Å². The molecule has 0 aromatic carbocycles. The van der Waals surface area contributed by atoms with Crippen molar-refractivity contribution >= 4 is 39.5 Å². The lowest BCUT2D eigenvalue weighted by Gasteiger charge is -2.21. The summed E-state index contributed by atoms with van der Waals surface area (Å²) in [5.41, 5.74) is 0. The van der Waals surface area contributed by atoms with Crippen LogP contribution in [0.25, 0.3) is 0 Å². The third kappa shape index (κ3) is 69.0. The smallest absolute Gasteiger partial charge is 0.462 e. The lowest BCUT2D eigenvalue weighted by molar-refractivity contribution is -0.161. The van der Waals surface area contributed by atoms with Gasteiger partial charge in [-0.05, 0) is 49.4 Å². The van der Waals surface area contributed by atoms with Gasteiger partial charge >= 0.3 is 39.5 Å². The number of rotatable bonds is 73. The van der Waals surface area contributed by atoms with Crippen molar-refractivity contribution in [3.63, 3.8) is 0 Å². The zero-order chi connectivity index (χ0) is 70.3. The molecule has 0 aliphatic rings. The number of carbonyl (C=O) groups excluding carboxylic acids is 4. The second-order valence-electron chi connectivity index (χ2n) is 29.1. The first-order valence-electron chi connectivity index (χ1n) is 39.2. The van der Waals surface area contributed by atoms with E-state index in [1.54, 1.807) is 0 Å². The second kappa shape index (κ2) is 65.4. The number of phosphoric acid groups is 2. The Hall–Kier alpha value is -1.94. The van der Waals surface area contributed by atoms with Crippen molar-refractivity contribution < 1.29 is 80.2 Å². The van der Waals surface area contributed by atoms with Gasteiger partial charge in [0.1, 0.15) is 19.3 Å². The summed E-state index contributed by atoms with van der Waals surface area (Å²) in [5.74, 6) is 0.906. The summed E-state index contributed by atoms with van der Waals surface area (Å²) in [4.78, 5) is 72.7. The van der Waals surface area contributed by atoms with Crippen molar-refractivity contribution in [2.24, 2.45) is 23.7 Å². The van der Waals surface area contributed by atoms with Crippen molar-refractivity contribution in [3.8, 4) is 0 Å². The Balaban J connectivity index is 5.15. The van der Waals surface area contributed by atoms with E-state index in [0.29, 0.717) is 31.6 Å².